The van der Waals surface area contributed by atoms with Crippen LogP contribution in [-0.2, 0) is 19.4 Å². The SMILES string of the molecule is C=CCCC(C)(C)Cc1c(-c2cccnc2C(C)CC)n(CC)c2ccc(-c3csc(CCC)n3)cc12. The van der Waals surface area contributed by atoms with E-state index in [1.165, 1.54) is 44.0 Å². The van der Waals surface area contributed by atoms with E-state index in [9.17, 15) is 0 Å². The lowest BCUT2D eigenvalue weighted by molar-refractivity contribution is 0.337. The largest absolute Gasteiger partial charge is 0.340 e. The molecule has 0 aliphatic carbocycles. The zero-order chi connectivity index (χ0) is 26.6. The summed E-state index contributed by atoms with van der Waals surface area (Å²) in [6, 6.07) is 11.4. The van der Waals surface area contributed by atoms with E-state index in [1.54, 1.807) is 11.3 Å². The minimum absolute atomic E-state index is 0.152. The molecule has 0 saturated carbocycles. The van der Waals surface area contributed by atoms with Gasteiger partial charge in [0.25, 0.3) is 0 Å². The summed E-state index contributed by atoms with van der Waals surface area (Å²) in [7, 11) is 0. The summed E-state index contributed by atoms with van der Waals surface area (Å²) in [6.07, 6.45) is 10.4. The Morgan fingerprint density at radius 1 is 1.16 bits per heavy atom. The molecule has 4 rings (SSSR count). The molecule has 4 aromatic rings. The van der Waals surface area contributed by atoms with Crippen LogP contribution in [0.2, 0.25) is 0 Å². The zero-order valence-corrected chi connectivity index (χ0v) is 24.4. The fourth-order valence-corrected chi connectivity index (χ4v) is 6.34. The van der Waals surface area contributed by atoms with Gasteiger partial charge in [0.05, 0.1) is 22.1 Å². The molecule has 0 radical (unpaired) electrons. The average molecular weight is 514 g/mol. The van der Waals surface area contributed by atoms with Gasteiger partial charge in [0.1, 0.15) is 0 Å². The molecule has 196 valence electrons. The van der Waals surface area contributed by atoms with E-state index in [1.807, 2.05) is 12.3 Å². The molecule has 0 amide bonds. The average Bonchev–Trinajstić information content (AvgIpc) is 3.49. The Morgan fingerprint density at radius 3 is 2.68 bits per heavy atom. The lowest BCUT2D eigenvalue weighted by atomic mass is 9.80. The summed E-state index contributed by atoms with van der Waals surface area (Å²) in [4.78, 5) is 9.88. The minimum atomic E-state index is 0.152. The van der Waals surface area contributed by atoms with Crippen LogP contribution in [0.25, 0.3) is 33.4 Å². The van der Waals surface area contributed by atoms with E-state index in [4.69, 9.17) is 9.97 Å². The summed E-state index contributed by atoms with van der Waals surface area (Å²) in [5.74, 6) is 0.406. The first-order valence-corrected chi connectivity index (χ1v) is 14.9. The Morgan fingerprint density at radius 2 is 1.97 bits per heavy atom. The maximum Gasteiger partial charge on any atom is 0.0932 e. The van der Waals surface area contributed by atoms with Crippen molar-refractivity contribution < 1.29 is 0 Å². The molecule has 3 nitrogen and oxygen atoms in total. The molecule has 3 aromatic heterocycles. The standard InChI is InChI=1S/C33H43N3S/c1-8-12-18-33(6,7)21-27-26-20-24(28-22-37-30(35-28)14-9-2)16-17-29(26)36(11-4)32(27)25-15-13-19-34-31(25)23(5)10-3/h8,13,15-17,19-20,22-23H,1,9-12,14,18,21H2,2-7H3. The summed E-state index contributed by atoms with van der Waals surface area (Å²) in [5.41, 5.74) is 9.03. The van der Waals surface area contributed by atoms with E-state index in [0.717, 1.165) is 50.8 Å². The molecule has 1 unspecified atom stereocenters. The highest BCUT2D eigenvalue weighted by molar-refractivity contribution is 7.09. The second-order valence-corrected chi connectivity index (χ2v) is 12.0. The van der Waals surface area contributed by atoms with Crippen molar-refractivity contribution in [3.05, 3.63) is 70.8 Å². The Balaban J connectivity index is 1.98. The van der Waals surface area contributed by atoms with Gasteiger partial charge in [-0.1, -0.05) is 46.8 Å². The quantitative estimate of drug-likeness (QED) is 0.176. The van der Waals surface area contributed by atoms with Crippen LogP contribution in [0.1, 0.15) is 89.4 Å². The van der Waals surface area contributed by atoms with Crippen molar-refractivity contribution in [2.24, 2.45) is 5.41 Å². The van der Waals surface area contributed by atoms with Crippen molar-refractivity contribution in [2.75, 3.05) is 0 Å². The predicted octanol–water partition coefficient (Wildman–Crippen LogP) is 9.85. The molecule has 0 fully saturated rings. The van der Waals surface area contributed by atoms with Crippen LogP contribution in [0.4, 0.5) is 0 Å². The number of hydrogen-bond acceptors (Lipinski definition) is 3. The summed E-state index contributed by atoms with van der Waals surface area (Å²) < 4.78 is 2.52. The summed E-state index contributed by atoms with van der Waals surface area (Å²) >= 11 is 1.78. The van der Waals surface area contributed by atoms with Gasteiger partial charge in [-0.25, -0.2) is 4.98 Å². The molecule has 0 aliphatic rings. The van der Waals surface area contributed by atoms with Gasteiger partial charge in [0, 0.05) is 40.2 Å². The van der Waals surface area contributed by atoms with Gasteiger partial charge in [0.2, 0.25) is 0 Å². The van der Waals surface area contributed by atoms with Gasteiger partial charge < -0.3 is 4.57 Å². The molecule has 0 aliphatic heterocycles. The van der Waals surface area contributed by atoms with Gasteiger partial charge in [-0.3, -0.25) is 4.98 Å². The van der Waals surface area contributed by atoms with Crippen LogP contribution in [0, 0.1) is 5.41 Å². The second-order valence-electron chi connectivity index (χ2n) is 11.1. The van der Waals surface area contributed by atoms with Gasteiger partial charge >= 0.3 is 0 Å². The molecular formula is C33H43N3S. The molecule has 0 bridgehead atoms. The fourth-order valence-electron chi connectivity index (χ4n) is 5.43. The first kappa shape index (κ1) is 27.3. The summed E-state index contributed by atoms with van der Waals surface area (Å²) in [5, 5.41) is 4.80. The Hall–Kier alpha value is -2.72. The maximum atomic E-state index is 4.97. The highest BCUT2D eigenvalue weighted by Gasteiger charge is 2.27. The number of pyridine rings is 1. The number of aromatic nitrogens is 3. The van der Waals surface area contributed by atoms with E-state index in [-0.39, 0.29) is 5.41 Å². The number of aryl methyl sites for hydroxylation is 2. The third kappa shape index (κ3) is 5.75. The van der Waals surface area contributed by atoms with Gasteiger partial charge in [-0.15, -0.1) is 17.9 Å². The van der Waals surface area contributed by atoms with Crippen molar-refractivity contribution >= 4 is 22.2 Å². The normalized spacial score (nSPS) is 12.8. The smallest absolute Gasteiger partial charge is 0.0932 e. The number of thiazole rings is 1. The fraction of sp³-hybridized carbons (Fsp3) is 0.455. The first-order valence-electron chi connectivity index (χ1n) is 14.0. The number of allylic oxidation sites excluding steroid dienone is 1. The lowest BCUT2D eigenvalue weighted by Gasteiger charge is -2.25. The van der Waals surface area contributed by atoms with Crippen LogP contribution in [0.3, 0.4) is 0 Å². The van der Waals surface area contributed by atoms with Crippen LogP contribution in [-0.4, -0.2) is 14.5 Å². The van der Waals surface area contributed by atoms with Crippen LogP contribution >= 0.6 is 11.3 Å². The number of nitrogens with zero attached hydrogens (tertiary/aromatic N) is 3. The van der Waals surface area contributed by atoms with Crippen molar-refractivity contribution in [1.29, 1.82) is 0 Å². The Bertz CT molecular complexity index is 1360. The second kappa shape index (κ2) is 11.8. The van der Waals surface area contributed by atoms with Crippen LogP contribution in [0.5, 0.6) is 0 Å². The van der Waals surface area contributed by atoms with Gasteiger partial charge in [-0.05, 0) is 86.6 Å². The zero-order valence-electron chi connectivity index (χ0n) is 23.6. The highest BCUT2D eigenvalue weighted by atomic mass is 32.1. The lowest BCUT2D eigenvalue weighted by Crippen LogP contribution is -2.15. The molecule has 3 heterocycles. The number of rotatable bonds is 12. The first-order chi connectivity index (χ1) is 17.8. The van der Waals surface area contributed by atoms with E-state index in [0.29, 0.717) is 5.92 Å². The van der Waals surface area contributed by atoms with Crippen molar-refractivity contribution in [3.63, 3.8) is 0 Å². The molecule has 0 spiro atoms. The number of hydrogen-bond donors (Lipinski definition) is 0. The van der Waals surface area contributed by atoms with Crippen molar-refractivity contribution in [3.8, 4) is 22.5 Å². The Kier molecular flexibility index (Phi) is 8.69. The highest BCUT2D eigenvalue weighted by Crippen LogP contribution is 2.42. The number of benzene rings is 1. The third-order valence-corrected chi connectivity index (χ3v) is 8.56. The van der Waals surface area contributed by atoms with E-state index in [2.05, 4.69) is 88.4 Å². The van der Waals surface area contributed by atoms with Gasteiger partial charge in [-0.2, -0.15) is 0 Å². The van der Waals surface area contributed by atoms with Crippen LogP contribution in [0.15, 0.2) is 54.6 Å². The Labute approximate surface area is 227 Å². The van der Waals surface area contributed by atoms with Gasteiger partial charge in [0.15, 0.2) is 0 Å². The topological polar surface area (TPSA) is 30.7 Å². The number of fused-ring (bicyclic) bond motifs is 1. The molecule has 1 atom stereocenters. The molecule has 0 saturated heterocycles. The summed E-state index contributed by atoms with van der Waals surface area (Å²) in [6.45, 7) is 18.7. The minimum Gasteiger partial charge on any atom is -0.340 e. The monoisotopic (exact) mass is 513 g/mol. The van der Waals surface area contributed by atoms with E-state index >= 15 is 0 Å². The molecule has 4 heteroatoms. The van der Waals surface area contributed by atoms with Crippen molar-refractivity contribution in [2.45, 2.75) is 92.5 Å². The maximum absolute atomic E-state index is 4.97. The predicted molar refractivity (Wildman–Crippen MR) is 162 cm³/mol. The third-order valence-electron chi connectivity index (χ3n) is 7.65. The molecule has 0 N–H and O–H groups in total. The van der Waals surface area contributed by atoms with Crippen molar-refractivity contribution in [1.82, 2.24) is 14.5 Å². The molecular weight excluding hydrogens is 470 g/mol. The van der Waals surface area contributed by atoms with Crippen LogP contribution < -0.4 is 0 Å². The molecule has 1 aromatic carbocycles. The molecule has 37 heavy (non-hydrogen) atoms. The van der Waals surface area contributed by atoms with E-state index < -0.39 is 0 Å².